The lowest BCUT2D eigenvalue weighted by Crippen LogP contribution is -2.39. The zero-order valence-corrected chi connectivity index (χ0v) is 12.2. The molecule has 0 amide bonds. The van der Waals surface area contributed by atoms with Crippen LogP contribution in [0.4, 0.5) is 0 Å². The number of hydrogen-bond donors (Lipinski definition) is 0. The number of carbonyl (C=O) groups is 1. The SMILES string of the molecule is C=CCC(CC(=O)C=C)C1CCC(OC)(OC)CC1. The Morgan fingerprint density at radius 2 is 1.89 bits per heavy atom. The lowest BCUT2D eigenvalue weighted by atomic mass is 9.74. The van der Waals surface area contributed by atoms with E-state index in [0.717, 1.165) is 32.1 Å². The summed E-state index contributed by atoms with van der Waals surface area (Å²) in [5, 5.41) is 0. The summed E-state index contributed by atoms with van der Waals surface area (Å²) >= 11 is 0. The number of rotatable bonds is 8. The van der Waals surface area contributed by atoms with E-state index in [2.05, 4.69) is 13.2 Å². The van der Waals surface area contributed by atoms with Gasteiger partial charge in [-0.3, -0.25) is 4.79 Å². The zero-order valence-electron chi connectivity index (χ0n) is 12.2. The van der Waals surface area contributed by atoms with Crippen LogP contribution < -0.4 is 0 Å². The standard InChI is InChI=1S/C16H26O3/c1-5-7-14(12-15(17)6-2)13-8-10-16(18-3,19-4)11-9-13/h5-6,13-14H,1-2,7-12H2,3-4H3. The molecule has 1 aliphatic carbocycles. The first-order chi connectivity index (χ1) is 9.10. The van der Waals surface area contributed by atoms with Gasteiger partial charge in [-0.25, -0.2) is 0 Å². The topological polar surface area (TPSA) is 35.5 Å². The molecule has 1 saturated carbocycles. The summed E-state index contributed by atoms with van der Waals surface area (Å²) in [6.07, 6.45) is 8.64. The van der Waals surface area contributed by atoms with Crippen molar-refractivity contribution in [3.8, 4) is 0 Å². The summed E-state index contributed by atoms with van der Waals surface area (Å²) in [5.74, 6) is 0.620. The molecule has 0 radical (unpaired) electrons. The molecule has 0 heterocycles. The van der Waals surface area contributed by atoms with Crippen molar-refractivity contribution in [3.05, 3.63) is 25.3 Å². The molecule has 1 aliphatic rings. The molecule has 0 saturated heterocycles. The number of ether oxygens (including phenoxy) is 2. The summed E-state index contributed by atoms with van der Waals surface area (Å²) in [6.45, 7) is 7.36. The van der Waals surface area contributed by atoms with Crippen LogP contribution >= 0.6 is 0 Å². The molecule has 0 aromatic rings. The third-order valence-corrected chi connectivity index (χ3v) is 4.36. The van der Waals surface area contributed by atoms with Gasteiger partial charge in [0, 0.05) is 33.5 Å². The Bertz CT molecular complexity index is 308. The lowest BCUT2D eigenvalue weighted by Gasteiger charge is -2.40. The van der Waals surface area contributed by atoms with Gasteiger partial charge in [-0.2, -0.15) is 0 Å². The van der Waals surface area contributed by atoms with E-state index in [4.69, 9.17) is 9.47 Å². The van der Waals surface area contributed by atoms with E-state index < -0.39 is 5.79 Å². The van der Waals surface area contributed by atoms with Gasteiger partial charge in [-0.05, 0) is 37.2 Å². The van der Waals surface area contributed by atoms with E-state index in [1.54, 1.807) is 14.2 Å². The molecule has 0 N–H and O–H groups in total. The van der Waals surface area contributed by atoms with Crippen LogP contribution in [0.2, 0.25) is 0 Å². The highest BCUT2D eigenvalue weighted by Gasteiger charge is 2.37. The maximum atomic E-state index is 11.6. The van der Waals surface area contributed by atoms with Crippen molar-refractivity contribution in [1.29, 1.82) is 0 Å². The number of allylic oxidation sites excluding steroid dienone is 2. The van der Waals surface area contributed by atoms with E-state index in [1.807, 2.05) is 6.08 Å². The van der Waals surface area contributed by atoms with Gasteiger partial charge < -0.3 is 9.47 Å². The monoisotopic (exact) mass is 266 g/mol. The van der Waals surface area contributed by atoms with Crippen molar-refractivity contribution < 1.29 is 14.3 Å². The van der Waals surface area contributed by atoms with Crippen LogP contribution in [0.25, 0.3) is 0 Å². The molecule has 1 atom stereocenters. The minimum absolute atomic E-state index is 0.127. The fourth-order valence-electron chi connectivity index (χ4n) is 3.04. The summed E-state index contributed by atoms with van der Waals surface area (Å²) in [5.41, 5.74) is 0. The molecule has 0 aliphatic heterocycles. The molecular formula is C16H26O3. The molecule has 108 valence electrons. The first-order valence-corrected chi connectivity index (χ1v) is 6.97. The van der Waals surface area contributed by atoms with Crippen molar-refractivity contribution >= 4 is 5.78 Å². The van der Waals surface area contributed by atoms with Gasteiger partial charge in [-0.15, -0.1) is 6.58 Å². The Kier molecular flexibility index (Phi) is 6.46. The zero-order chi connectivity index (χ0) is 14.3. The van der Waals surface area contributed by atoms with Crippen LogP contribution in [0.1, 0.15) is 38.5 Å². The maximum Gasteiger partial charge on any atom is 0.167 e. The molecule has 19 heavy (non-hydrogen) atoms. The first-order valence-electron chi connectivity index (χ1n) is 6.97. The van der Waals surface area contributed by atoms with E-state index in [9.17, 15) is 4.79 Å². The molecule has 0 aromatic carbocycles. The van der Waals surface area contributed by atoms with E-state index >= 15 is 0 Å². The van der Waals surface area contributed by atoms with Gasteiger partial charge in [0.15, 0.2) is 11.6 Å². The fraction of sp³-hybridized carbons (Fsp3) is 0.688. The van der Waals surface area contributed by atoms with Crippen molar-refractivity contribution in [2.75, 3.05) is 14.2 Å². The molecule has 1 unspecified atom stereocenters. The van der Waals surface area contributed by atoms with Gasteiger partial charge in [0.1, 0.15) is 0 Å². The van der Waals surface area contributed by atoms with Gasteiger partial charge in [0.05, 0.1) is 0 Å². The third kappa shape index (κ3) is 4.29. The van der Waals surface area contributed by atoms with Gasteiger partial charge in [0.2, 0.25) is 0 Å². The van der Waals surface area contributed by atoms with Crippen LogP contribution in [-0.2, 0) is 14.3 Å². The van der Waals surface area contributed by atoms with Crippen molar-refractivity contribution in [1.82, 2.24) is 0 Å². The van der Waals surface area contributed by atoms with Crippen LogP contribution in [0.3, 0.4) is 0 Å². The normalized spacial score (nSPS) is 20.7. The summed E-state index contributed by atoms with van der Waals surface area (Å²) in [6, 6.07) is 0. The molecule has 0 spiro atoms. The Labute approximate surface area is 116 Å². The molecule has 0 bridgehead atoms. The minimum atomic E-state index is -0.419. The minimum Gasteiger partial charge on any atom is -0.353 e. The van der Waals surface area contributed by atoms with Crippen molar-refractivity contribution in [3.63, 3.8) is 0 Å². The quantitative estimate of drug-likeness (QED) is 0.383. The van der Waals surface area contributed by atoms with Crippen molar-refractivity contribution in [2.45, 2.75) is 44.3 Å². The lowest BCUT2D eigenvalue weighted by molar-refractivity contribution is -0.229. The van der Waals surface area contributed by atoms with E-state index in [0.29, 0.717) is 18.3 Å². The van der Waals surface area contributed by atoms with Gasteiger partial charge in [0.25, 0.3) is 0 Å². The highest BCUT2D eigenvalue weighted by Crippen LogP contribution is 2.40. The highest BCUT2D eigenvalue weighted by atomic mass is 16.7. The second-order valence-electron chi connectivity index (χ2n) is 5.32. The molecule has 3 heteroatoms. The Morgan fingerprint density at radius 1 is 1.32 bits per heavy atom. The second-order valence-corrected chi connectivity index (χ2v) is 5.32. The molecular weight excluding hydrogens is 240 g/mol. The number of methoxy groups -OCH3 is 2. The number of hydrogen-bond acceptors (Lipinski definition) is 3. The molecule has 1 fully saturated rings. The third-order valence-electron chi connectivity index (χ3n) is 4.36. The average Bonchev–Trinajstić information content (AvgIpc) is 2.46. The summed E-state index contributed by atoms with van der Waals surface area (Å²) in [4.78, 5) is 11.6. The van der Waals surface area contributed by atoms with E-state index in [-0.39, 0.29) is 5.78 Å². The summed E-state index contributed by atoms with van der Waals surface area (Å²) in [7, 11) is 3.40. The Hall–Kier alpha value is -0.930. The number of ketones is 1. The smallest absolute Gasteiger partial charge is 0.167 e. The largest absolute Gasteiger partial charge is 0.353 e. The Morgan fingerprint density at radius 3 is 2.32 bits per heavy atom. The van der Waals surface area contributed by atoms with Crippen LogP contribution in [0.5, 0.6) is 0 Å². The average molecular weight is 266 g/mol. The van der Waals surface area contributed by atoms with E-state index in [1.165, 1.54) is 6.08 Å². The highest BCUT2D eigenvalue weighted by molar-refractivity contribution is 5.89. The predicted octanol–water partition coefficient (Wildman–Crippen LogP) is 3.50. The fourth-order valence-corrected chi connectivity index (χ4v) is 3.04. The Balaban J connectivity index is 2.61. The molecule has 3 nitrogen and oxygen atoms in total. The van der Waals surface area contributed by atoms with Gasteiger partial charge in [-0.1, -0.05) is 12.7 Å². The maximum absolute atomic E-state index is 11.6. The molecule has 0 aromatic heterocycles. The van der Waals surface area contributed by atoms with Crippen LogP contribution in [-0.4, -0.2) is 25.8 Å². The first kappa shape index (κ1) is 16.1. The van der Waals surface area contributed by atoms with Crippen molar-refractivity contribution in [2.24, 2.45) is 11.8 Å². The summed E-state index contributed by atoms with van der Waals surface area (Å²) < 4.78 is 11.0. The second kappa shape index (κ2) is 7.61. The predicted molar refractivity (Wildman–Crippen MR) is 76.8 cm³/mol. The van der Waals surface area contributed by atoms with Crippen LogP contribution in [0, 0.1) is 11.8 Å². The van der Waals surface area contributed by atoms with Gasteiger partial charge >= 0.3 is 0 Å². The molecule has 1 rings (SSSR count). The van der Waals surface area contributed by atoms with Crippen LogP contribution in [0.15, 0.2) is 25.3 Å². The number of carbonyl (C=O) groups excluding carboxylic acids is 1.